The number of benzene rings is 1. The number of hydrogen-bond acceptors (Lipinski definition) is 6. The van der Waals surface area contributed by atoms with Gasteiger partial charge in [0.25, 0.3) is 5.91 Å². The first kappa shape index (κ1) is 26.6. The number of anilines is 1. The smallest absolute Gasteiger partial charge is 0.254 e. The van der Waals surface area contributed by atoms with Gasteiger partial charge in [0.05, 0.1) is 24.7 Å². The summed E-state index contributed by atoms with van der Waals surface area (Å²) in [6.45, 7) is 5.07. The van der Waals surface area contributed by atoms with Crippen molar-refractivity contribution in [3.63, 3.8) is 0 Å². The molecule has 1 aromatic heterocycles. The molecule has 0 radical (unpaired) electrons. The average Bonchev–Trinajstić information content (AvgIpc) is 3.51. The highest BCUT2D eigenvalue weighted by molar-refractivity contribution is 7.91. The second-order valence-electron chi connectivity index (χ2n) is 10.1. The van der Waals surface area contributed by atoms with Crippen LogP contribution in [0.25, 0.3) is 0 Å². The first-order chi connectivity index (χ1) is 17.4. The molecule has 3 heterocycles. The Kier molecular flexibility index (Phi) is 9.35. The van der Waals surface area contributed by atoms with E-state index in [-0.39, 0.29) is 30.0 Å². The van der Waals surface area contributed by atoms with Crippen LogP contribution in [0, 0.1) is 0 Å². The predicted molar refractivity (Wildman–Crippen MR) is 142 cm³/mol. The Bertz CT molecular complexity index is 1070. The highest BCUT2D eigenvalue weighted by Crippen LogP contribution is 2.27. The molecule has 0 spiro atoms. The molecule has 2 fully saturated rings. The van der Waals surface area contributed by atoms with E-state index in [4.69, 9.17) is 9.15 Å². The van der Waals surface area contributed by atoms with E-state index in [0.717, 1.165) is 50.4 Å². The van der Waals surface area contributed by atoms with E-state index in [1.54, 1.807) is 17.0 Å². The van der Waals surface area contributed by atoms with Crippen molar-refractivity contribution in [2.45, 2.75) is 77.3 Å². The fourth-order valence-electron chi connectivity index (χ4n) is 5.05. The summed E-state index contributed by atoms with van der Waals surface area (Å²) in [5.41, 5.74) is 0.525. The van der Waals surface area contributed by atoms with Crippen molar-refractivity contribution in [3.8, 4) is 5.75 Å². The lowest BCUT2D eigenvalue weighted by atomic mass is 10.1. The van der Waals surface area contributed by atoms with Crippen LogP contribution in [-0.2, 0) is 16.4 Å². The van der Waals surface area contributed by atoms with E-state index in [1.807, 2.05) is 24.3 Å². The molecular weight excluding hydrogens is 476 g/mol. The van der Waals surface area contributed by atoms with Crippen molar-refractivity contribution < 1.29 is 22.4 Å². The molecule has 0 saturated carbocycles. The zero-order valence-corrected chi connectivity index (χ0v) is 22.3. The summed E-state index contributed by atoms with van der Waals surface area (Å²) in [6, 6.07) is 10.7. The Morgan fingerprint density at radius 3 is 2.47 bits per heavy atom. The van der Waals surface area contributed by atoms with Gasteiger partial charge in [-0.15, -0.1) is 0 Å². The maximum atomic E-state index is 13.6. The molecule has 2 aromatic rings. The van der Waals surface area contributed by atoms with E-state index in [9.17, 15) is 13.2 Å². The molecule has 2 aliphatic heterocycles. The molecule has 2 aliphatic rings. The van der Waals surface area contributed by atoms with Crippen LogP contribution in [0.15, 0.2) is 40.8 Å². The normalized spacial score (nSPS) is 19.4. The number of carbonyl (C=O) groups excluding carboxylic acids is 1. The van der Waals surface area contributed by atoms with Crippen molar-refractivity contribution in [3.05, 3.63) is 47.7 Å². The summed E-state index contributed by atoms with van der Waals surface area (Å²) in [5, 5.41) is 0. The van der Waals surface area contributed by atoms with Crippen molar-refractivity contribution >= 4 is 21.6 Å². The number of ether oxygens (including phenoxy) is 1. The minimum Gasteiger partial charge on any atom is -0.494 e. The maximum Gasteiger partial charge on any atom is 0.254 e. The number of carbonyl (C=O) groups is 1. The highest BCUT2D eigenvalue weighted by atomic mass is 32.2. The largest absolute Gasteiger partial charge is 0.494 e. The second kappa shape index (κ2) is 12.7. The third-order valence-electron chi connectivity index (χ3n) is 7.17. The van der Waals surface area contributed by atoms with Gasteiger partial charge in [0.2, 0.25) is 0 Å². The van der Waals surface area contributed by atoms with Crippen LogP contribution in [-0.4, -0.2) is 56.5 Å². The Morgan fingerprint density at radius 2 is 1.78 bits per heavy atom. The number of rotatable bonds is 12. The van der Waals surface area contributed by atoms with Gasteiger partial charge in [-0.3, -0.25) is 4.79 Å². The maximum absolute atomic E-state index is 13.6. The molecule has 0 aliphatic carbocycles. The van der Waals surface area contributed by atoms with Gasteiger partial charge in [-0.25, -0.2) is 8.42 Å². The van der Waals surface area contributed by atoms with Crippen LogP contribution >= 0.6 is 0 Å². The minimum absolute atomic E-state index is 0.00232. The second-order valence-corrected chi connectivity index (χ2v) is 12.3. The molecule has 0 N–H and O–H groups in total. The molecular formula is C28H40N2O5S. The van der Waals surface area contributed by atoms with Gasteiger partial charge in [0.1, 0.15) is 11.5 Å². The average molecular weight is 517 g/mol. The molecule has 7 nitrogen and oxygen atoms in total. The molecule has 0 bridgehead atoms. The van der Waals surface area contributed by atoms with Crippen LogP contribution in [0.4, 0.5) is 5.88 Å². The quantitative estimate of drug-likeness (QED) is 0.349. The molecule has 4 rings (SSSR count). The number of amides is 1. The first-order valence-electron chi connectivity index (χ1n) is 13.5. The number of furan rings is 1. The van der Waals surface area contributed by atoms with Crippen molar-refractivity contribution in [1.82, 2.24) is 4.90 Å². The molecule has 198 valence electrons. The van der Waals surface area contributed by atoms with Crippen LogP contribution in [0.5, 0.6) is 5.75 Å². The SMILES string of the molecule is CCCCCCCOc1ccc(C(=O)N(Cc2ccc(N3CCCCC3)o2)C2CCS(=O)(=O)C2)cc1. The van der Waals surface area contributed by atoms with Crippen molar-refractivity contribution in [1.29, 1.82) is 0 Å². The lowest BCUT2D eigenvalue weighted by Crippen LogP contribution is -2.40. The molecule has 8 heteroatoms. The summed E-state index contributed by atoms with van der Waals surface area (Å²) >= 11 is 0. The minimum atomic E-state index is -3.14. The standard InChI is InChI=1S/C28H40N2O5S/c1-2-3-4-5-9-19-34-25-12-10-23(11-13-25)28(31)30(24-16-20-36(32,33)22-24)21-26-14-15-27(35-26)29-17-7-6-8-18-29/h10-15,24H,2-9,16-22H2,1H3. The lowest BCUT2D eigenvalue weighted by Gasteiger charge is -2.28. The lowest BCUT2D eigenvalue weighted by molar-refractivity contribution is 0.0666. The van der Waals surface area contributed by atoms with Crippen LogP contribution in [0.2, 0.25) is 0 Å². The summed E-state index contributed by atoms with van der Waals surface area (Å²) in [7, 11) is -3.14. The van der Waals surface area contributed by atoms with E-state index in [2.05, 4.69) is 11.8 Å². The zero-order valence-electron chi connectivity index (χ0n) is 21.5. The van der Waals surface area contributed by atoms with Gasteiger partial charge in [-0.2, -0.15) is 0 Å². The topological polar surface area (TPSA) is 80.1 Å². The van der Waals surface area contributed by atoms with Gasteiger partial charge < -0.3 is 19.0 Å². The monoisotopic (exact) mass is 516 g/mol. The molecule has 1 aromatic carbocycles. The third kappa shape index (κ3) is 7.28. The fourth-order valence-corrected chi connectivity index (χ4v) is 6.78. The number of hydrogen-bond donors (Lipinski definition) is 0. The van der Waals surface area contributed by atoms with Gasteiger partial charge >= 0.3 is 0 Å². The van der Waals surface area contributed by atoms with Gasteiger partial charge in [-0.1, -0.05) is 32.6 Å². The molecule has 1 atom stereocenters. The highest BCUT2D eigenvalue weighted by Gasteiger charge is 2.35. The fraction of sp³-hybridized carbons (Fsp3) is 0.607. The van der Waals surface area contributed by atoms with Crippen molar-refractivity contribution in [2.24, 2.45) is 0 Å². The predicted octanol–water partition coefficient (Wildman–Crippen LogP) is 5.45. The molecule has 36 heavy (non-hydrogen) atoms. The Labute approximate surface area is 215 Å². The number of nitrogens with zero attached hydrogens (tertiary/aromatic N) is 2. The zero-order chi connectivity index (χ0) is 25.4. The van der Waals surface area contributed by atoms with Crippen LogP contribution in [0.3, 0.4) is 0 Å². The number of unbranched alkanes of at least 4 members (excludes halogenated alkanes) is 4. The van der Waals surface area contributed by atoms with Gasteiger partial charge in [0, 0.05) is 30.8 Å². The van der Waals surface area contributed by atoms with E-state index >= 15 is 0 Å². The number of sulfone groups is 1. The summed E-state index contributed by atoms with van der Waals surface area (Å²) in [6.07, 6.45) is 9.89. The van der Waals surface area contributed by atoms with Crippen LogP contribution < -0.4 is 9.64 Å². The first-order valence-corrected chi connectivity index (χ1v) is 15.4. The summed E-state index contributed by atoms with van der Waals surface area (Å²) in [4.78, 5) is 17.5. The van der Waals surface area contributed by atoms with E-state index in [1.165, 1.54) is 25.7 Å². The van der Waals surface area contributed by atoms with Gasteiger partial charge in [0.15, 0.2) is 15.7 Å². The van der Waals surface area contributed by atoms with E-state index in [0.29, 0.717) is 24.4 Å². The summed E-state index contributed by atoms with van der Waals surface area (Å²) in [5.74, 6) is 2.18. The molecule has 1 unspecified atom stereocenters. The summed E-state index contributed by atoms with van der Waals surface area (Å²) < 4.78 is 36.4. The van der Waals surface area contributed by atoms with Crippen molar-refractivity contribution in [2.75, 3.05) is 36.1 Å². The third-order valence-corrected chi connectivity index (χ3v) is 8.92. The Morgan fingerprint density at radius 1 is 1.03 bits per heavy atom. The number of piperidine rings is 1. The van der Waals surface area contributed by atoms with Crippen LogP contribution in [0.1, 0.15) is 80.8 Å². The van der Waals surface area contributed by atoms with E-state index < -0.39 is 9.84 Å². The van der Waals surface area contributed by atoms with Gasteiger partial charge in [-0.05, 0) is 62.4 Å². The molecule has 1 amide bonds. The molecule has 2 saturated heterocycles. The Hall–Kier alpha value is -2.48. The Balaban J connectivity index is 1.41.